The van der Waals surface area contributed by atoms with Gasteiger partial charge in [0.1, 0.15) is 5.75 Å². The smallest absolute Gasteiger partial charge is 0.123 e. The van der Waals surface area contributed by atoms with Crippen molar-refractivity contribution in [2.24, 2.45) is 11.8 Å². The van der Waals surface area contributed by atoms with Gasteiger partial charge in [-0.05, 0) is 69.7 Å². The summed E-state index contributed by atoms with van der Waals surface area (Å²) in [5.41, 5.74) is 1.42. The highest BCUT2D eigenvalue weighted by atomic mass is 16.5. The molecule has 1 aliphatic carbocycles. The van der Waals surface area contributed by atoms with E-state index in [0.717, 1.165) is 24.1 Å². The molecule has 2 nitrogen and oxygen atoms in total. The largest absolute Gasteiger partial charge is 0.491 e. The zero-order valence-corrected chi connectivity index (χ0v) is 14.1. The first-order valence-corrected chi connectivity index (χ1v) is 8.55. The van der Waals surface area contributed by atoms with Crippen molar-refractivity contribution >= 4 is 0 Å². The molecular formula is C19H31NO. The first-order chi connectivity index (χ1) is 10.2. The van der Waals surface area contributed by atoms with Crippen LogP contribution in [-0.2, 0) is 0 Å². The standard InChI is InChI=1S/C19H31NO/c1-5-15-10-11-16(13-20-4)18(12-15)17-8-6-7-9-19(17)21-14(2)3/h6-9,14-16,18,20H,5,10-13H2,1-4H3. The molecule has 0 aliphatic heterocycles. The van der Waals surface area contributed by atoms with Gasteiger partial charge in [0.25, 0.3) is 0 Å². The van der Waals surface area contributed by atoms with E-state index in [0.29, 0.717) is 5.92 Å². The first-order valence-electron chi connectivity index (χ1n) is 8.55. The third-order valence-corrected chi connectivity index (χ3v) is 4.83. The molecule has 0 radical (unpaired) electrons. The van der Waals surface area contributed by atoms with Gasteiger partial charge in [-0.25, -0.2) is 0 Å². The SMILES string of the molecule is CCC1CCC(CNC)C(c2ccccc2OC(C)C)C1. The molecule has 2 rings (SSSR count). The lowest BCUT2D eigenvalue weighted by molar-refractivity contribution is 0.209. The normalized spacial score (nSPS) is 26.0. The van der Waals surface area contributed by atoms with E-state index in [2.05, 4.69) is 57.4 Å². The van der Waals surface area contributed by atoms with Crippen molar-refractivity contribution in [2.45, 2.75) is 58.5 Å². The number of ether oxygens (including phenoxy) is 1. The molecule has 118 valence electrons. The summed E-state index contributed by atoms with van der Waals surface area (Å²) >= 11 is 0. The summed E-state index contributed by atoms with van der Waals surface area (Å²) < 4.78 is 6.07. The number of benzene rings is 1. The van der Waals surface area contributed by atoms with Crippen molar-refractivity contribution in [2.75, 3.05) is 13.6 Å². The van der Waals surface area contributed by atoms with Gasteiger partial charge in [-0.2, -0.15) is 0 Å². The predicted molar refractivity (Wildman–Crippen MR) is 90.0 cm³/mol. The molecular weight excluding hydrogens is 258 g/mol. The summed E-state index contributed by atoms with van der Waals surface area (Å²) in [6.07, 6.45) is 5.56. The Kier molecular flexibility index (Phi) is 6.10. The maximum atomic E-state index is 6.07. The van der Waals surface area contributed by atoms with Crippen molar-refractivity contribution in [3.63, 3.8) is 0 Å². The van der Waals surface area contributed by atoms with Crippen LogP contribution in [0.4, 0.5) is 0 Å². The molecule has 3 unspecified atom stereocenters. The third-order valence-electron chi connectivity index (χ3n) is 4.83. The molecule has 0 spiro atoms. The molecule has 0 aromatic heterocycles. The Bertz CT molecular complexity index is 429. The number of para-hydroxylation sites is 1. The first kappa shape index (κ1) is 16.4. The van der Waals surface area contributed by atoms with Crippen LogP contribution >= 0.6 is 0 Å². The summed E-state index contributed by atoms with van der Waals surface area (Å²) in [5.74, 6) is 3.33. The lowest BCUT2D eigenvalue weighted by atomic mass is 9.70. The fraction of sp³-hybridized carbons (Fsp3) is 0.684. The summed E-state index contributed by atoms with van der Waals surface area (Å²) in [5, 5.41) is 3.39. The van der Waals surface area contributed by atoms with Crippen LogP contribution < -0.4 is 10.1 Å². The minimum atomic E-state index is 0.236. The Morgan fingerprint density at radius 1 is 1.24 bits per heavy atom. The van der Waals surface area contributed by atoms with Gasteiger partial charge in [-0.1, -0.05) is 38.0 Å². The third kappa shape index (κ3) is 4.23. The van der Waals surface area contributed by atoms with Gasteiger partial charge in [-0.15, -0.1) is 0 Å². The Morgan fingerprint density at radius 2 is 2.00 bits per heavy atom. The molecule has 1 saturated carbocycles. The monoisotopic (exact) mass is 289 g/mol. The molecule has 0 amide bonds. The van der Waals surface area contributed by atoms with E-state index < -0.39 is 0 Å². The van der Waals surface area contributed by atoms with Crippen LogP contribution in [0.15, 0.2) is 24.3 Å². The summed E-state index contributed by atoms with van der Waals surface area (Å²) in [4.78, 5) is 0. The van der Waals surface area contributed by atoms with E-state index in [-0.39, 0.29) is 6.10 Å². The van der Waals surface area contributed by atoms with Crippen molar-refractivity contribution in [1.82, 2.24) is 5.32 Å². The van der Waals surface area contributed by atoms with Crippen molar-refractivity contribution in [1.29, 1.82) is 0 Å². The molecule has 1 fully saturated rings. The highest BCUT2D eigenvalue weighted by Gasteiger charge is 2.32. The number of rotatable bonds is 6. The van der Waals surface area contributed by atoms with E-state index >= 15 is 0 Å². The number of hydrogen-bond acceptors (Lipinski definition) is 2. The maximum absolute atomic E-state index is 6.07. The average molecular weight is 289 g/mol. The molecule has 21 heavy (non-hydrogen) atoms. The van der Waals surface area contributed by atoms with Gasteiger partial charge >= 0.3 is 0 Å². The average Bonchev–Trinajstić information content (AvgIpc) is 2.48. The second-order valence-corrected chi connectivity index (χ2v) is 6.72. The van der Waals surface area contributed by atoms with E-state index in [9.17, 15) is 0 Å². The highest BCUT2D eigenvalue weighted by molar-refractivity contribution is 5.37. The Balaban J connectivity index is 2.26. The maximum Gasteiger partial charge on any atom is 0.123 e. The molecule has 2 heteroatoms. The van der Waals surface area contributed by atoms with Crippen molar-refractivity contribution in [3.05, 3.63) is 29.8 Å². The van der Waals surface area contributed by atoms with Gasteiger partial charge in [0.05, 0.1) is 6.10 Å². The van der Waals surface area contributed by atoms with Crippen LogP contribution in [0.1, 0.15) is 57.9 Å². The predicted octanol–water partition coefficient (Wildman–Crippen LogP) is 4.60. The van der Waals surface area contributed by atoms with E-state index in [1.807, 2.05) is 0 Å². The van der Waals surface area contributed by atoms with Gasteiger partial charge in [-0.3, -0.25) is 0 Å². The molecule has 0 heterocycles. The topological polar surface area (TPSA) is 21.3 Å². The van der Waals surface area contributed by atoms with Crippen LogP contribution in [0.5, 0.6) is 5.75 Å². The van der Waals surface area contributed by atoms with Gasteiger partial charge in [0.2, 0.25) is 0 Å². The number of hydrogen-bond donors (Lipinski definition) is 1. The molecule has 0 bridgehead atoms. The van der Waals surface area contributed by atoms with E-state index in [4.69, 9.17) is 4.74 Å². The fourth-order valence-electron chi connectivity index (χ4n) is 3.73. The lowest BCUT2D eigenvalue weighted by Crippen LogP contribution is -2.30. The second-order valence-electron chi connectivity index (χ2n) is 6.72. The molecule has 1 N–H and O–H groups in total. The second kappa shape index (κ2) is 7.84. The Morgan fingerprint density at radius 3 is 2.67 bits per heavy atom. The van der Waals surface area contributed by atoms with E-state index in [1.165, 1.54) is 31.2 Å². The van der Waals surface area contributed by atoms with Crippen LogP contribution in [0.25, 0.3) is 0 Å². The molecule has 0 saturated heterocycles. The zero-order chi connectivity index (χ0) is 15.2. The molecule has 3 atom stereocenters. The van der Waals surface area contributed by atoms with Gasteiger partial charge in [0, 0.05) is 0 Å². The summed E-state index contributed by atoms with van der Waals surface area (Å²) in [6, 6.07) is 8.67. The zero-order valence-electron chi connectivity index (χ0n) is 14.1. The Hall–Kier alpha value is -1.02. The lowest BCUT2D eigenvalue weighted by Gasteiger charge is -2.37. The van der Waals surface area contributed by atoms with Crippen molar-refractivity contribution < 1.29 is 4.74 Å². The summed E-state index contributed by atoms with van der Waals surface area (Å²) in [6.45, 7) is 7.66. The van der Waals surface area contributed by atoms with Gasteiger partial charge in [0.15, 0.2) is 0 Å². The highest BCUT2D eigenvalue weighted by Crippen LogP contribution is 2.44. The van der Waals surface area contributed by atoms with Crippen molar-refractivity contribution in [3.8, 4) is 5.75 Å². The minimum absolute atomic E-state index is 0.236. The Labute approximate surface area is 130 Å². The van der Waals surface area contributed by atoms with Crippen LogP contribution in [0.3, 0.4) is 0 Å². The van der Waals surface area contributed by atoms with E-state index in [1.54, 1.807) is 0 Å². The number of nitrogens with one attached hydrogen (secondary N) is 1. The molecule has 1 aromatic carbocycles. The van der Waals surface area contributed by atoms with Crippen LogP contribution in [-0.4, -0.2) is 19.7 Å². The van der Waals surface area contributed by atoms with Gasteiger partial charge < -0.3 is 10.1 Å². The quantitative estimate of drug-likeness (QED) is 0.826. The fourth-order valence-corrected chi connectivity index (χ4v) is 3.73. The molecule has 1 aromatic rings. The van der Waals surface area contributed by atoms with Crippen LogP contribution in [0, 0.1) is 11.8 Å². The minimum Gasteiger partial charge on any atom is -0.491 e. The molecule has 1 aliphatic rings. The van der Waals surface area contributed by atoms with Crippen LogP contribution in [0.2, 0.25) is 0 Å². The summed E-state index contributed by atoms with van der Waals surface area (Å²) in [7, 11) is 2.07.